The van der Waals surface area contributed by atoms with Crippen molar-refractivity contribution in [1.29, 1.82) is 0 Å². The average molecular weight is 196 g/mol. The van der Waals surface area contributed by atoms with Gasteiger partial charge in [-0.1, -0.05) is 53.5 Å². The van der Waals surface area contributed by atoms with Crippen LogP contribution in [0.25, 0.3) is 0 Å². The number of benzene rings is 1. The Kier molecular flexibility index (Phi) is 3.44. The SMILES string of the molecule is Cc1ccccc1CBC1=CCCC=C1. The summed E-state index contributed by atoms with van der Waals surface area (Å²) in [5, 5.41) is 0. The van der Waals surface area contributed by atoms with Crippen LogP contribution in [-0.4, -0.2) is 7.28 Å². The first-order valence-corrected chi connectivity index (χ1v) is 5.76. The molecule has 0 amide bonds. The summed E-state index contributed by atoms with van der Waals surface area (Å²) in [6.07, 6.45) is 10.5. The zero-order valence-electron chi connectivity index (χ0n) is 9.37. The molecule has 1 aliphatic rings. The molecule has 0 atom stereocenters. The van der Waals surface area contributed by atoms with E-state index in [1.54, 1.807) is 0 Å². The number of hydrogen-bond donors (Lipinski definition) is 0. The summed E-state index contributed by atoms with van der Waals surface area (Å²) < 4.78 is 0. The van der Waals surface area contributed by atoms with Gasteiger partial charge in [-0.15, -0.1) is 0 Å². The maximum absolute atomic E-state index is 2.37. The molecular formula is C14H17B. The van der Waals surface area contributed by atoms with Gasteiger partial charge in [0.25, 0.3) is 0 Å². The van der Waals surface area contributed by atoms with E-state index in [1.807, 2.05) is 0 Å². The second-order valence-corrected chi connectivity index (χ2v) is 4.19. The lowest BCUT2D eigenvalue weighted by Gasteiger charge is -2.07. The predicted octanol–water partition coefficient (Wildman–Crippen LogP) is 3.17. The van der Waals surface area contributed by atoms with E-state index in [0.29, 0.717) is 0 Å². The van der Waals surface area contributed by atoms with Crippen molar-refractivity contribution in [2.45, 2.75) is 26.1 Å². The first-order chi connectivity index (χ1) is 7.36. The Morgan fingerprint density at radius 2 is 2.07 bits per heavy atom. The molecule has 1 aromatic rings. The number of aryl methyl sites for hydroxylation is 1. The molecule has 0 heterocycles. The molecule has 1 aromatic carbocycles. The Hall–Kier alpha value is -1.24. The standard InChI is InChI=1S/C14H17B/c1-12-7-5-6-8-13(12)11-15-14-9-3-2-4-10-14/h3,5-10,15H,2,4,11H2,1H3. The lowest BCUT2D eigenvalue weighted by molar-refractivity contribution is 1.03. The van der Waals surface area contributed by atoms with Crippen molar-refractivity contribution in [2.24, 2.45) is 0 Å². The zero-order chi connectivity index (χ0) is 10.5. The quantitative estimate of drug-likeness (QED) is 0.651. The van der Waals surface area contributed by atoms with E-state index in [4.69, 9.17) is 0 Å². The molecule has 0 saturated heterocycles. The first kappa shape index (κ1) is 10.3. The van der Waals surface area contributed by atoms with Crippen LogP contribution < -0.4 is 0 Å². The van der Waals surface area contributed by atoms with Gasteiger partial charge in [0, 0.05) is 0 Å². The van der Waals surface area contributed by atoms with Crippen LogP contribution in [0.3, 0.4) is 0 Å². The average Bonchev–Trinajstić information content (AvgIpc) is 2.29. The normalized spacial score (nSPS) is 14.9. The van der Waals surface area contributed by atoms with Crippen LogP contribution in [0.4, 0.5) is 0 Å². The minimum absolute atomic E-state index is 1.17. The summed E-state index contributed by atoms with van der Waals surface area (Å²) in [6.45, 7) is 2.19. The lowest BCUT2D eigenvalue weighted by Crippen LogP contribution is -2.02. The fraction of sp³-hybridized carbons (Fsp3) is 0.286. The van der Waals surface area contributed by atoms with Gasteiger partial charge in [0.2, 0.25) is 0 Å². The molecule has 0 fully saturated rings. The van der Waals surface area contributed by atoms with E-state index >= 15 is 0 Å². The van der Waals surface area contributed by atoms with Gasteiger partial charge < -0.3 is 0 Å². The summed E-state index contributed by atoms with van der Waals surface area (Å²) in [7, 11) is 1.18. The molecule has 0 aliphatic heterocycles. The molecule has 0 N–H and O–H groups in total. The highest BCUT2D eigenvalue weighted by Gasteiger charge is 2.02. The van der Waals surface area contributed by atoms with Gasteiger partial charge in [0.15, 0.2) is 7.28 Å². The number of rotatable bonds is 3. The van der Waals surface area contributed by atoms with Crippen LogP contribution >= 0.6 is 0 Å². The summed E-state index contributed by atoms with van der Waals surface area (Å²) in [5.41, 5.74) is 4.40. The second kappa shape index (κ2) is 5.02. The molecule has 0 bridgehead atoms. The highest BCUT2D eigenvalue weighted by atomic mass is 14.0. The Labute approximate surface area is 93.0 Å². The fourth-order valence-corrected chi connectivity index (χ4v) is 2.02. The van der Waals surface area contributed by atoms with E-state index in [-0.39, 0.29) is 0 Å². The van der Waals surface area contributed by atoms with Gasteiger partial charge in [-0.25, -0.2) is 0 Å². The lowest BCUT2D eigenvalue weighted by atomic mass is 9.63. The number of hydrogen-bond acceptors (Lipinski definition) is 0. The van der Waals surface area contributed by atoms with Crippen LogP contribution in [0.1, 0.15) is 24.0 Å². The minimum atomic E-state index is 1.17. The van der Waals surface area contributed by atoms with Crippen molar-refractivity contribution in [3.05, 3.63) is 59.1 Å². The maximum atomic E-state index is 2.37. The van der Waals surface area contributed by atoms with Crippen molar-refractivity contribution in [3.8, 4) is 0 Å². The van der Waals surface area contributed by atoms with E-state index in [1.165, 1.54) is 43.0 Å². The van der Waals surface area contributed by atoms with Gasteiger partial charge in [-0.3, -0.25) is 0 Å². The first-order valence-electron chi connectivity index (χ1n) is 5.76. The summed E-state index contributed by atoms with van der Waals surface area (Å²) in [6, 6.07) is 8.68. The van der Waals surface area contributed by atoms with Crippen molar-refractivity contribution in [1.82, 2.24) is 0 Å². The largest absolute Gasteiger partial charge is 0.161 e. The Morgan fingerprint density at radius 3 is 2.80 bits per heavy atom. The third-order valence-corrected chi connectivity index (χ3v) is 3.02. The molecule has 0 unspecified atom stereocenters. The van der Waals surface area contributed by atoms with E-state index in [9.17, 15) is 0 Å². The highest BCUT2D eigenvalue weighted by molar-refractivity contribution is 6.46. The maximum Gasteiger partial charge on any atom is 0.161 e. The van der Waals surface area contributed by atoms with Crippen LogP contribution in [-0.2, 0) is 6.32 Å². The fourth-order valence-electron chi connectivity index (χ4n) is 2.02. The molecule has 1 heteroatoms. The minimum Gasteiger partial charge on any atom is -0.0902 e. The van der Waals surface area contributed by atoms with Crippen molar-refractivity contribution in [2.75, 3.05) is 0 Å². The second-order valence-electron chi connectivity index (χ2n) is 4.19. The molecule has 76 valence electrons. The van der Waals surface area contributed by atoms with Gasteiger partial charge in [0.1, 0.15) is 0 Å². The summed E-state index contributed by atoms with van der Waals surface area (Å²) in [5.74, 6) is 0. The molecule has 0 nitrogen and oxygen atoms in total. The van der Waals surface area contributed by atoms with E-state index in [0.717, 1.165) is 0 Å². The molecular weight excluding hydrogens is 179 g/mol. The molecule has 0 spiro atoms. The molecule has 0 aromatic heterocycles. The highest BCUT2D eigenvalue weighted by Crippen LogP contribution is 2.12. The van der Waals surface area contributed by atoms with Crippen molar-refractivity contribution in [3.63, 3.8) is 0 Å². The van der Waals surface area contributed by atoms with Crippen LogP contribution in [0.5, 0.6) is 0 Å². The topological polar surface area (TPSA) is 0 Å². The van der Waals surface area contributed by atoms with E-state index < -0.39 is 0 Å². The molecule has 0 saturated carbocycles. The molecule has 0 radical (unpaired) electrons. The Bertz CT molecular complexity index is 388. The molecule has 1 aliphatic carbocycles. The third kappa shape index (κ3) is 2.85. The van der Waals surface area contributed by atoms with Crippen LogP contribution in [0, 0.1) is 6.92 Å². The van der Waals surface area contributed by atoms with E-state index in [2.05, 4.69) is 49.4 Å². The van der Waals surface area contributed by atoms with Gasteiger partial charge in [-0.2, -0.15) is 0 Å². The third-order valence-electron chi connectivity index (χ3n) is 3.02. The van der Waals surface area contributed by atoms with Crippen molar-refractivity contribution < 1.29 is 0 Å². The molecule has 15 heavy (non-hydrogen) atoms. The van der Waals surface area contributed by atoms with Gasteiger partial charge in [-0.05, 0) is 31.6 Å². The predicted molar refractivity (Wildman–Crippen MR) is 68.5 cm³/mol. The van der Waals surface area contributed by atoms with Crippen LogP contribution in [0.2, 0.25) is 0 Å². The van der Waals surface area contributed by atoms with Crippen LogP contribution in [0.15, 0.2) is 48.0 Å². The Balaban J connectivity index is 1.96. The molecule has 2 rings (SSSR count). The van der Waals surface area contributed by atoms with Gasteiger partial charge >= 0.3 is 0 Å². The van der Waals surface area contributed by atoms with Crippen molar-refractivity contribution >= 4 is 7.28 Å². The van der Waals surface area contributed by atoms with Gasteiger partial charge in [0.05, 0.1) is 0 Å². The Morgan fingerprint density at radius 1 is 1.20 bits per heavy atom. The number of allylic oxidation sites excluding steroid dienone is 4. The monoisotopic (exact) mass is 196 g/mol. The summed E-state index contributed by atoms with van der Waals surface area (Å²) >= 11 is 0. The summed E-state index contributed by atoms with van der Waals surface area (Å²) in [4.78, 5) is 0. The smallest absolute Gasteiger partial charge is 0.0902 e. The zero-order valence-corrected chi connectivity index (χ0v) is 9.37.